The largest absolute Gasteiger partial charge is 0.493 e. The van der Waals surface area contributed by atoms with Crippen LogP contribution in [0.3, 0.4) is 0 Å². The number of carbonyl (C=O) groups excluding carboxylic acids is 1. The Morgan fingerprint density at radius 1 is 0.925 bits per heavy atom. The van der Waals surface area contributed by atoms with Crippen LogP contribution in [-0.2, 0) is 14.8 Å². The molecule has 0 fully saturated rings. The molecular formula is C34H39NO4S. The second kappa shape index (κ2) is 12.3. The van der Waals surface area contributed by atoms with Gasteiger partial charge in [0.2, 0.25) is 0 Å². The van der Waals surface area contributed by atoms with Gasteiger partial charge in [-0.05, 0) is 83.9 Å². The summed E-state index contributed by atoms with van der Waals surface area (Å²) in [6.07, 6.45) is 4.06. The minimum absolute atomic E-state index is 0.186. The van der Waals surface area contributed by atoms with Crippen molar-refractivity contribution >= 4 is 32.8 Å². The van der Waals surface area contributed by atoms with Crippen LogP contribution < -0.4 is 4.74 Å². The van der Waals surface area contributed by atoms with Crippen molar-refractivity contribution in [3.8, 4) is 16.9 Å². The third-order valence-corrected chi connectivity index (χ3v) is 9.01. The molecule has 0 N–H and O–H groups in total. The van der Waals surface area contributed by atoms with Gasteiger partial charge in [-0.3, -0.25) is 4.79 Å². The Morgan fingerprint density at radius 2 is 1.65 bits per heavy atom. The average Bonchev–Trinajstić information content (AvgIpc) is 3.34. The van der Waals surface area contributed by atoms with E-state index < -0.39 is 10.0 Å². The SMILES string of the molecule is CCCCOc1c(-c2cccc3c2cc(/C(C)=C/C=O)n3S(=O)(=O)c2ccccc2)cc(C(C)C)cc1C(C)C. The van der Waals surface area contributed by atoms with Crippen LogP contribution in [0.15, 0.2) is 77.7 Å². The highest BCUT2D eigenvalue weighted by Crippen LogP contribution is 2.44. The molecule has 4 rings (SSSR count). The third-order valence-electron chi connectivity index (χ3n) is 7.27. The van der Waals surface area contributed by atoms with Crippen LogP contribution in [-0.4, -0.2) is 25.3 Å². The molecule has 0 atom stereocenters. The molecule has 40 heavy (non-hydrogen) atoms. The quantitative estimate of drug-likeness (QED) is 0.105. The lowest BCUT2D eigenvalue weighted by Crippen LogP contribution is -2.15. The molecule has 0 saturated carbocycles. The van der Waals surface area contributed by atoms with Crippen LogP contribution in [0.25, 0.3) is 27.6 Å². The summed E-state index contributed by atoms with van der Waals surface area (Å²) in [5.41, 5.74) is 5.77. The van der Waals surface area contributed by atoms with E-state index in [0.717, 1.165) is 40.7 Å². The van der Waals surface area contributed by atoms with Crippen molar-refractivity contribution < 1.29 is 17.9 Å². The fraction of sp³-hybridized carbons (Fsp3) is 0.324. The summed E-state index contributed by atoms with van der Waals surface area (Å²) < 4.78 is 35.9. The molecule has 0 saturated heterocycles. The van der Waals surface area contributed by atoms with E-state index in [9.17, 15) is 13.2 Å². The van der Waals surface area contributed by atoms with Crippen molar-refractivity contribution in [1.29, 1.82) is 0 Å². The molecule has 3 aromatic carbocycles. The van der Waals surface area contributed by atoms with E-state index in [0.29, 0.717) is 35.6 Å². The number of benzene rings is 3. The minimum Gasteiger partial charge on any atom is -0.493 e. The predicted molar refractivity (Wildman–Crippen MR) is 165 cm³/mol. The first-order valence-electron chi connectivity index (χ1n) is 14.0. The van der Waals surface area contributed by atoms with E-state index in [1.807, 2.05) is 24.3 Å². The van der Waals surface area contributed by atoms with Gasteiger partial charge < -0.3 is 4.74 Å². The van der Waals surface area contributed by atoms with Crippen LogP contribution in [0.2, 0.25) is 0 Å². The molecule has 4 aromatic rings. The second-order valence-electron chi connectivity index (χ2n) is 10.8. The Morgan fingerprint density at radius 3 is 2.27 bits per heavy atom. The van der Waals surface area contributed by atoms with Gasteiger partial charge in [0, 0.05) is 10.9 Å². The number of hydrogen-bond acceptors (Lipinski definition) is 4. The van der Waals surface area contributed by atoms with Gasteiger partial charge in [-0.15, -0.1) is 0 Å². The Balaban J connectivity index is 2.10. The maximum absolute atomic E-state index is 14.0. The number of hydrogen-bond donors (Lipinski definition) is 0. The monoisotopic (exact) mass is 557 g/mol. The molecule has 1 heterocycles. The summed E-state index contributed by atoms with van der Waals surface area (Å²) >= 11 is 0. The van der Waals surface area contributed by atoms with Crippen LogP contribution >= 0.6 is 0 Å². The summed E-state index contributed by atoms with van der Waals surface area (Å²) in [5.74, 6) is 1.39. The third kappa shape index (κ3) is 5.64. The summed E-state index contributed by atoms with van der Waals surface area (Å²) in [4.78, 5) is 11.6. The number of aromatic nitrogens is 1. The van der Waals surface area contributed by atoms with Crippen molar-refractivity contribution in [1.82, 2.24) is 3.97 Å². The zero-order valence-electron chi connectivity index (χ0n) is 24.3. The van der Waals surface area contributed by atoms with Crippen molar-refractivity contribution in [2.45, 2.75) is 71.1 Å². The highest BCUT2D eigenvalue weighted by Gasteiger charge is 2.26. The lowest BCUT2D eigenvalue weighted by molar-refractivity contribution is -0.104. The zero-order valence-corrected chi connectivity index (χ0v) is 25.1. The number of unbranched alkanes of at least 4 members (excludes halogenated alkanes) is 1. The van der Waals surface area contributed by atoms with E-state index in [-0.39, 0.29) is 10.8 Å². The van der Waals surface area contributed by atoms with Gasteiger partial charge in [0.05, 0.1) is 22.7 Å². The molecule has 0 aliphatic heterocycles. The zero-order chi connectivity index (χ0) is 29.0. The number of nitrogens with zero attached hydrogens (tertiary/aromatic N) is 1. The van der Waals surface area contributed by atoms with Crippen molar-refractivity contribution in [2.24, 2.45) is 0 Å². The van der Waals surface area contributed by atoms with Crippen LogP contribution in [0.5, 0.6) is 5.75 Å². The summed E-state index contributed by atoms with van der Waals surface area (Å²) in [6, 6.07) is 20.4. The molecule has 5 nitrogen and oxygen atoms in total. The molecule has 0 aliphatic carbocycles. The van der Waals surface area contributed by atoms with Gasteiger partial charge in [0.1, 0.15) is 12.0 Å². The molecule has 1 aromatic heterocycles. The standard InChI is InChI=1S/C34H39NO4S/c1-7-8-19-39-34-29(24(4)5)20-26(23(2)3)21-31(34)28-15-12-16-32-30(28)22-33(25(6)17-18-36)35(32)40(37,38)27-13-10-9-11-14-27/h9-18,20-24H,7-8,19H2,1-6H3/b25-17+. The Hall–Kier alpha value is -3.64. The molecule has 210 valence electrons. The molecule has 0 amide bonds. The maximum atomic E-state index is 14.0. The fourth-order valence-electron chi connectivity index (χ4n) is 4.98. The summed E-state index contributed by atoms with van der Waals surface area (Å²) in [5, 5.41) is 0.784. The fourth-order valence-corrected chi connectivity index (χ4v) is 6.56. The molecule has 0 radical (unpaired) electrons. The number of aldehydes is 1. The highest BCUT2D eigenvalue weighted by atomic mass is 32.2. The number of carbonyl (C=O) groups is 1. The van der Waals surface area contributed by atoms with Gasteiger partial charge in [-0.1, -0.05) is 77.4 Å². The lowest BCUT2D eigenvalue weighted by atomic mass is 9.88. The number of rotatable bonds is 11. The normalized spacial score (nSPS) is 12.4. The first kappa shape index (κ1) is 29.3. The smallest absolute Gasteiger partial charge is 0.268 e. The van der Waals surface area contributed by atoms with E-state index in [1.165, 1.54) is 15.6 Å². The maximum Gasteiger partial charge on any atom is 0.268 e. The minimum atomic E-state index is -3.96. The molecule has 0 spiro atoms. The average molecular weight is 558 g/mol. The number of fused-ring (bicyclic) bond motifs is 1. The van der Waals surface area contributed by atoms with E-state index >= 15 is 0 Å². The first-order chi connectivity index (χ1) is 19.1. The molecule has 0 aliphatic rings. The predicted octanol–water partition coefficient (Wildman–Crippen LogP) is 8.57. The highest BCUT2D eigenvalue weighted by molar-refractivity contribution is 7.90. The molecule has 0 bridgehead atoms. The van der Waals surface area contributed by atoms with Gasteiger partial charge in [-0.25, -0.2) is 12.4 Å². The van der Waals surface area contributed by atoms with E-state index in [4.69, 9.17) is 4.74 Å². The van der Waals surface area contributed by atoms with Gasteiger partial charge >= 0.3 is 0 Å². The van der Waals surface area contributed by atoms with Crippen LogP contribution in [0.1, 0.15) is 83.0 Å². The van der Waals surface area contributed by atoms with Crippen LogP contribution in [0.4, 0.5) is 0 Å². The summed E-state index contributed by atoms with van der Waals surface area (Å²) in [7, 11) is -3.96. The Bertz CT molecular complexity index is 1640. The Kier molecular flexibility index (Phi) is 8.99. The molecule has 0 unspecified atom stereocenters. The lowest BCUT2D eigenvalue weighted by Gasteiger charge is -2.22. The van der Waals surface area contributed by atoms with E-state index in [1.54, 1.807) is 37.3 Å². The van der Waals surface area contributed by atoms with E-state index in [2.05, 4.69) is 46.8 Å². The van der Waals surface area contributed by atoms with Gasteiger partial charge in [0.25, 0.3) is 10.0 Å². The topological polar surface area (TPSA) is 65.4 Å². The second-order valence-corrected chi connectivity index (χ2v) is 12.6. The first-order valence-corrected chi connectivity index (χ1v) is 15.4. The van der Waals surface area contributed by atoms with Gasteiger partial charge in [-0.2, -0.15) is 0 Å². The van der Waals surface area contributed by atoms with Crippen LogP contribution in [0, 0.1) is 0 Å². The Labute approximate surface area is 238 Å². The van der Waals surface area contributed by atoms with Crippen molar-refractivity contribution in [3.05, 3.63) is 89.6 Å². The number of ether oxygens (including phenoxy) is 1. The van der Waals surface area contributed by atoms with Crippen molar-refractivity contribution in [2.75, 3.05) is 6.61 Å². The number of allylic oxidation sites excluding steroid dienone is 2. The molecular weight excluding hydrogens is 518 g/mol. The molecule has 6 heteroatoms. The summed E-state index contributed by atoms with van der Waals surface area (Å²) in [6.45, 7) is 13.2. The van der Waals surface area contributed by atoms with Crippen molar-refractivity contribution in [3.63, 3.8) is 0 Å². The van der Waals surface area contributed by atoms with Gasteiger partial charge in [0.15, 0.2) is 0 Å².